The largest absolute Gasteiger partial charge is 0.349 e. The molecule has 1 amide bonds. The Hall–Kier alpha value is -2.16. The molecule has 0 aliphatic heterocycles. The average Bonchev–Trinajstić information content (AvgIpc) is 2.41. The molecule has 1 atom stereocenters. The molecule has 0 radical (unpaired) electrons. The van der Waals surface area contributed by atoms with Gasteiger partial charge < -0.3 is 5.32 Å². The molecule has 0 aliphatic rings. The SMILES string of the molecule is Cc1ccc([C@@H](C)NC(=O)Cc2ccc(F)cc2)c(C)c1. The van der Waals surface area contributed by atoms with E-state index in [2.05, 4.69) is 18.3 Å². The highest BCUT2D eigenvalue weighted by Crippen LogP contribution is 2.18. The number of rotatable bonds is 4. The first-order valence-electron chi connectivity index (χ1n) is 7.06. The van der Waals surface area contributed by atoms with Crippen molar-refractivity contribution in [1.82, 2.24) is 5.32 Å². The van der Waals surface area contributed by atoms with Crippen molar-refractivity contribution >= 4 is 5.91 Å². The van der Waals surface area contributed by atoms with Crippen LogP contribution in [0.3, 0.4) is 0 Å². The summed E-state index contributed by atoms with van der Waals surface area (Å²) in [7, 11) is 0. The second-order valence-electron chi connectivity index (χ2n) is 5.45. The summed E-state index contributed by atoms with van der Waals surface area (Å²) in [5.74, 6) is -0.350. The van der Waals surface area contributed by atoms with E-state index in [4.69, 9.17) is 0 Å². The summed E-state index contributed by atoms with van der Waals surface area (Å²) in [4.78, 5) is 12.1. The smallest absolute Gasteiger partial charge is 0.224 e. The minimum atomic E-state index is -0.289. The Balaban J connectivity index is 2.00. The number of nitrogens with one attached hydrogen (secondary N) is 1. The van der Waals surface area contributed by atoms with E-state index in [1.807, 2.05) is 26.0 Å². The first kappa shape index (κ1) is 15.2. The van der Waals surface area contributed by atoms with Crippen LogP contribution in [-0.2, 0) is 11.2 Å². The molecule has 0 spiro atoms. The molecular weight excluding hydrogens is 265 g/mol. The van der Waals surface area contributed by atoms with Crippen molar-refractivity contribution in [2.24, 2.45) is 0 Å². The zero-order chi connectivity index (χ0) is 15.4. The van der Waals surface area contributed by atoms with Gasteiger partial charge in [-0.2, -0.15) is 0 Å². The maximum absolute atomic E-state index is 12.8. The van der Waals surface area contributed by atoms with Crippen LogP contribution < -0.4 is 5.32 Å². The average molecular weight is 285 g/mol. The molecule has 2 rings (SSSR count). The van der Waals surface area contributed by atoms with Gasteiger partial charge in [0.15, 0.2) is 0 Å². The predicted molar refractivity (Wildman–Crippen MR) is 82.6 cm³/mol. The van der Waals surface area contributed by atoms with Crippen molar-refractivity contribution in [3.8, 4) is 0 Å². The van der Waals surface area contributed by atoms with Crippen molar-refractivity contribution in [3.05, 3.63) is 70.5 Å². The van der Waals surface area contributed by atoms with Gasteiger partial charge in [-0.25, -0.2) is 4.39 Å². The van der Waals surface area contributed by atoms with Crippen molar-refractivity contribution in [2.45, 2.75) is 33.2 Å². The normalized spacial score (nSPS) is 12.0. The van der Waals surface area contributed by atoms with Gasteiger partial charge in [0.1, 0.15) is 5.82 Å². The summed E-state index contributed by atoms with van der Waals surface area (Å²) in [6.07, 6.45) is 0.259. The van der Waals surface area contributed by atoms with E-state index >= 15 is 0 Å². The van der Waals surface area contributed by atoms with Gasteiger partial charge in [-0.3, -0.25) is 4.79 Å². The molecule has 0 saturated heterocycles. The highest BCUT2D eigenvalue weighted by Gasteiger charge is 2.12. The number of aryl methyl sites for hydroxylation is 2. The molecule has 0 bridgehead atoms. The van der Waals surface area contributed by atoms with E-state index in [0.29, 0.717) is 0 Å². The third-order valence-corrected chi connectivity index (χ3v) is 3.55. The molecule has 3 heteroatoms. The molecule has 0 unspecified atom stereocenters. The van der Waals surface area contributed by atoms with Crippen molar-refractivity contribution in [2.75, 3.05) is 0 Å². The topological polar surface area (TPSA) is 29.1 Å². The van der Waals surface area contributed by atoms with E-state index in [-0.39, 0.29) is 24.2 Å². The van der Waals surface area contributed by atoms with Gasteiger partial charge in [-0.05, 0) is 49.6 Å². The third-order valence-electron chi connectivity index (χ3n) is 3.55. The molecule has 110 valence electrons. The van der Waals surface area contributed by atoms with Crippen LogP contribution in [-0.4, -0.2) is 5.91 Å². The van der Waals surface area contributed by atoms with Crippen LogP contribution in [0.1, 0.15) is 35.2 Å². The summed E-state index contributed by atoms with van der Waals surface area (Å²) in [5, 5.41) is 2.99. The van der Waals surface area contributed by atoms with E-state index in [9.17, 15) is 9.18 Å². The van der Waals surface area contributed by atoms with Crippen LogP contribution in [0, 0.1) is 19.7 Å². The maximum Gasteiger partial charge on any atom is 0.224 e. The van der Waals surface area contributed by atoms with Gasteiger partial charge in [0, 0.05) is 0 Å². The van der Waals surface area contributed by atoms with Gasteiger partial charge in [0.05, 0.1) is 12.5 Å². The zero-order valence-electron chi connectivity index (χ0n) is 12.6. The summed E-state index contributed by atoms with van der Waals surface area (Å²) in [6.45, 7) is 6.07. The Morgan fingerprint density at radius 3 is 2.43 bits per heavy atom. The first-order chi connectivity index (χ1) is 9.95. The van der Waals surface area contributed by atoms with Gasteiger partial charge in [-0.1, -0.05) is 35.9 Å². The zero-order valence-corrected chi connectivity index (χ0v) is 12.6. The van der Waals surface area contributed by atoms with Gasteiger partial charge >= 0.3 is 0 Å². The lowest BCUT2D eigenvalue weighted by Crippen LogP contribution is -2.28. The second-order valence-corrected chi connectivity index (χ2v) is 5.45. The number of hydrogen-bond acceptors (Lipinski definition) is 1. The molecule has 0 heterocycles. The molecule has 0 aliphatic carbocycles. The van der Waals surface area contributed by atoms with E-state index in [0.717, 1.165) is 11.1 Å². The molecule has 2 aromatic carbocycles. The van der Waals surface area contributed by atoms with Crippen LogP contribution in [0.25, 0.3) is 0 Å². The van der Waals surface area contributed by atoms with Crippen LogP contribution in [0.2, 0.25) is 0 Å². The minimum absolute atomic E-state index is 0.0430. The monoisotopic (exact) mass is 285 g/mol. The molecule has 21 heavy (non-hydrogen) atoms. The van der Waals surface area contributed by atoms with Gasteiger partial charge in [0.25, 0.3) is 0 Å². The molecule has 1 N–H and O–H groups in total. The molecule has 0 saturated carbocycles. The maximum atomic E-state index is 12.8. The summed E-state index contributed by atoms with van der Waals surface area (Å²) in [6, 6.07) is 12.2. The number of carbonyl (C=O) groups is 1. The van der Waals surface area contributed by atoms with Crippen molar-refractivity contribution < 1.29 is 9.18 Å². The summed E-state index contributed by atoms with van der Waals surface area (Å²) >= 11 is 0. The van der Waals surface area contributed by atoms with Crippen LogP contribution in [0.5, 0.6) is 0 Å². The van der Waals surface area contributed by atoms with Crippen LogP contribution >= 0.6 is 0 Å². The Kier molecular flexibility index (Phi) is 4.73. The second kappa shape index (κ2) is 6.53. The van der Waals surface area contributed by atoms with E-state index in [1.54, 1.807) is 12.1 Å². The van der Waals surface area contributed by atoms with Crippen LogP contribution in [0.15, 0.2) is 42.5 Å². The summed E-state index contributed by atoms with van der Waals surface area (Å²) in [5.41, 5.74) is 4.31. The quantitative estimate of drug-likeness (QED) is 0.908. The lowest BCUT2D eigenvalue weighted by atomic mass is 10.00. The Morgan fingerprint density at radius 1 is 1.14 bits per heavy atom. The van der Waals surface area contributed by atoms with E-state index in [1.165, 1.54) is 23.3 Å². The Labute approximate surface area is 125 Å². The van der Waals surface area contributed by atoms with Gasteiger partial charge in [0.2, 0.25) is 5.91 Å². The number of benzene rings is 2. The molecule has 0 fully saturated rings. The first-order valence-corrected chi connectivity index (χ1v) is 7.06. The molecular formula is C18H20FNO. The molecule has 2 aromatic rings. The van der Waals surface area contributed by atoms with Crippen molar-refractivity contribution in [3.63, 3.8) is 0 Å². The fourth-order valence-corrected chi connectivity index (χ4v) is 2.47. The fourth-order valence-electron chi connectivity index (χ4n) is 2.47. The third kappa shape index (κ3) is 4.15. The lowest BCUT2D eigenvalue weighted by Gasteiger charge is -2.17. The Bertz CT molecular complexity index is 634. The van der Waals surface area contributed by atoms with Crippen LogP contribution in [0.4, 0.5) is 4.39 Å². The van der Waals surface area contributed by atoms with E-state index < -0.39 is 0 Å². The summed E-state index contributed by atoms with van der Waals surface area (Å²) < 4.78 is 12.8. The Morgan fingerprint density at radius 2 is 1.81 bits per heavy atom. The number of carbonyl (C=O) groups excluding carboxylic acids is 1. The number of halogens is 1. The number of hydrogen-bond donors (Lipinski definition) is 1. The number of amides is 1. The molecule has 0 aromatic heterocycles. The fraction of sp³-hybridized carbons (Fsp3) is 0.278. The molecule has 2 nitrogen and oxygen atoms in total. The van der Waals surface area contributed by atoms with Gasteiger partial charge in [-0.15, -0.1) is 0 Å². The minimum Gasteiger partial charge on any atom is -0.349 e. The highest BCUT2D eigenvalue weighted by atomic mass is 19.1. The highest BCUT2D eigenvalue weighted by molar-refractivity contribution is 5.79. The lowest BCUT2D eigenvalue weighted by molar-refractivity contribution is -0.121. The van der Waals surface area contributed by atoms with Crippen molar-refractivity contribution in [1.29, 1.82) is 0 Å². The predicted octanol–water partition coefficient (Wildman–Crippen LogP) is 3.86. The standard InChI is InChI=1S/C18H20FNO/c1-12-4-9-17(13(2)10-12)14(3)20-18(21)11-15-5-7-16(19)8-6-15/h4-10,14H,11H2,1-3H3,(H,20,21)/t14-/m1/s1.